The molecule has 1 aromatic heterocycles. The van der Waals surface area contributed by atoms with Crippen molar-refractivity contribution in [2.45, 2.75) is 20.0 Å². The molecule has 0 spiro atoms. The molecule has 0 atom stereocenters. The summed E-state index contributed by atoms with van der Waals surface area (Å²) in [5.74, 6) is 0.396. The highest BCUT2D eigenvalue weighted by Gasteiger charge is 2.13. The van der Waals surface area contributed by atoms with Crippen molar-refractivity contribution in [2.75, 3.05) is 11.9 Å². The Balaban J connectivity index is 2.07. The first-order valence-corrected chi connectivity index (χ1v) is 7.85. The molecule has 20 heavy (non-hydrogen) atoms. The molecule has 8 heteroatoms. The van der Waals surface area contributed by atoms with Crippen LogP contribution in [0.3, 0.4) is 0 Å². The first-order valence-electron chi connectivity index (χ1n) is 5.94. The van der Waals surface area contributed by atoms with E-state index in [-0.39, 0.29) is 6.61 Å². The van der Waals surface area contributed by atoms with E-state index in [0.717, 1.165) is 23.7 Å². The highest BCUT2D eigenvalue weighted by molar-refractivity contribution is 7.10. The fourth-order valence-corrected chi connectivity index (χ4v) is 3.00. The molecule has 108 valence electrons. The van der Waals surface area contributed by atoms with Gasteiger partial charge >= 0.3 is 0 Å². The summed E-state index contributed by atoms with van der Waals surface area (Å²) < 4.78 is 9.54. The lowest BCUT2D eigenvalue weighted by Gasteiger charge is -2.10. The Morgan fingerprint density at radius 3 is 2.60 bits per heavy atom. The van der Waals surface area contributed by atoms with Crippen LogP contribution in [0.5, 0.6) is 5.75 Å². The number of ether oxygens (including phenoxy) is 1. The number of aromatic nitrogens is 2. The molecule has 1 N–H and O–H groups in total. The molecular weight excluding hydrogens is 341 g/mol. The highest BCUT2D eigenvalue weighted by Crippen LogP contribution is 2.36. The van der Waals surface area contributed by atoms with Crippen molar-refractivity contribution in [1.82, 2.24) is 9.59 Å². The van der Waals surface area contributed by atoms with Crippen molar-refractivity contribution in [3.63, 3.8) is 0 Å². The van der Waals surface area contributed by atoms with Gasteiger partial charge < -0.3 is 10.1 Å². The number of halogens is 3. The summed E-state index contributed by atoms with van der Waals surface area (Å²) in [6.45, 7) is 3.19. The maximum Gasteiger partial charge on any atom is 0.157 e. The van der Waals surface area contributed by atoms with Crippen molar-refractivity contribution in [3.05, 3.63) is 32.9 Å². The van der Waals surface area contributed by atoms with Crippen LogP contribution in [0.1, 0.15) is 19.0 Å². The van der Waals surface area contributed by atoms with E-state index in [1.165, 1.54) is 11.5 Å². The van der Waals surface area contributed by atoms with E-state index < -0.39 is 0 Å². The van der Waals surface area contributed by atoms with Crippen LogP contribution in [-0.2, 0) is 6.61 Å². The van der Waals surface area contributed by atoms with Crippen LogP contribution in [-0.4, -0.2) is 16.1 Å². The Morgan fingerprint density at radius 2 is 1.95 bits per heavy atom. The molecule has 0 aliphatic rings. The first-order chi connectivity index (χ1) is 9.61. The number of hydrogen-bond acceptors (Lipinski definition) is 5. The predicted molar refractivity (Wildman–Crippen MR) is 84.5 cm³/mol. The van der Waals surface area contributed by atoms with Gasteiger partial charge in [-0.15, -0.1) is 5.10 Å². The Labute approximate surface area is 136 Å². The third-order valence-electron chi connectivity index (χ3n) is 2.41. The van der Waals surface area contributed by atoms with E-state index in [2.05, 4.69) is 21.8 Å². The first kappa shape index (κ1) is 15.6. The van der Waals surface area contributed by atoms with E-state index in [0.29, 0.717) is 20.8 Å². The average Bonchev–Trinajstić information content (AvgIpc) is 2.82. The Kier molecular flexibility index (Phi) is 5.72. The molecule has 0 saturated heterocycles. The van der Waals surface area contributed by atoms with Crippen molar-refractivity contribution in [2.24, 2.45) is 0 Å². The Hall–Kier alpha value is -0.750. The molecular formula is C12H12Cl3N3OS. The van der Waals surface area contributed by atoms with Gasteiger partial charge in [0.15, 0.2) is 5.75 Å². The van der Waals surface area contributed by atoms with Crippen molar-refractivity contribution in [1.29, 1.82) is 0 Å². The molecule has 4 nitrogen and oxygen atoms in total. The van der Waals surface area contributed by atoms with Gasteiger partial charge in [-0.2, -0.15) is 0 Å². The zero-order valence-corrected chi connectivity index (χ0v) is 13.7. The quantitative estimate of drug-likeness (QED) is 0.803. The summed E-state index contributed by atoms with van der Waals surface area (Å²) in [6, 6.07) is 3.17. The summed E-state index contributed by atoms with van der Waals surface area (Å²) in [5.41, 5.74) is 0.727. The summed E-state index contributed by atoms with van der Waals surface area (Å²) in [5, 5.41) is 9.37. The molecule has 0 bridgehead atoms. The number of hydrogen-bond donors (Lipinski definition) is 1. The second-order valence-corrected chi connectivity index (χ2v) is 5.97. The third kappa shape index (κ3) is 3.88. The van der Waals surface area contributed by atoms with E-state index in [1.807, 2.05) is 0 Å². The summed E-state index contributed by atoms with van der Waals surface area (Å²) in [6.07, 6.45) is 1.02. The minimum atomic E-state index is 0.240. The van der Waals surface area contributed by atoms with Crippen LogP contribution < -0.4 is 10.1 Å². The molecule has 0 saturated carbocycles. The third-order valence-corrected chi connectivity index (χ3v) is 3.91. The number of rotatable bonds is 6. The van der Waals surface area contributed by atoms with Gasteiger partial charge in [0.2, 0.25) is 0 Å². The van der Waals surface area contributed by atoms with Crippen LogP contribution in [0, 0.1) is 0 Å². The topological polar surface area (TPSA) is 47.0 Å². The minimum Gasteiger partial charge on any atom is -0.484 e. The zero-order chi connectivity index (χ0) is 14.5. The van der Waals surface area contributed by atoms with Crippen molar-refractivity contribution in [3.8, 4) is 5.75 Å². The lowest BCUT2D eigenvalue weighted by Crippen LogP contribution is -2.04. The van der Waals surface area contributed by atoms with Gasteiger partial charge in [-0.05, 0) is 18.6 Å². The van der Waals surface area contributed by atoms with Crippen LogP contribution in [0.2, 0.25) is 15.1 Å². The largest absolute Gasteiger partial charge is 0.484 e. The summed E-state index contributed by atoms with van der Waals surface area (Å²) >= 11 is 19.3. The Bertz CT molecular complexity index is 568. The molecule has 2 rings (SSSR count). The molecule has 0 aliphatic heterocycles. The van der Waals surface area contributed by atoms with Crippen LogP contribution in [0.4, 0.5) is 5.00 Å². The smallest absolute Gasteiger partial charge is 0.157 e. The van der Waals surface area contributed by atoms with Gasteiger partial charge in [0.1, 0.15) is 17.3 Å². The molecule has 0 radical (unpaired) electrons. The van der Waals surface area contributed by atoms with Gasteiger partial charge in [-0.3, -0.25) is 0 Å². The van der Waals surface area contributed by atoms with Crippen molar-refractivity contribution < 1.29 is 4.74 Å². The van der Waals surface area contributed by atoms with Gasteiger partial charge in [-0.1, -0.05) is 46.2 Å². The highest BCUT2D eigenvalue weighted by atomic mass is 35.5. The molecule has 1 heterocycles. The lowest BCUT2D eigenvalue weighted by molar-refractivity contribution is 0.302. The maximum absolute atomic E-state index is 6.06. The van der Waals surface area contributed by atoms with E-state index >= 15 is 0 Å². The lowest BCUT2D eigenvalue weighted by atomic mass is 10.3. The monoisotopic (exact) mass is 351 g/mol. The molecule has 1 aromatic carbocycles. The molecule has 0 aliphatic carbocycles. The summed E-state index contributed by atoms with van der Waals surface area (Å²) in [7, 11) is 0. The second-order valence-electron chi connectivity index (χ2n) is 3.96. The van der Waals surface area contributed by atoms with Crippen LogP contribution >= 0.6 is 46.3 Å². The molecule has 0 unspecified atom stereocenters. The number of benzene rings is 1. The van der Waals surface area contributed by atoms with Crippen molar-refractivity contribution >= 4 is 51.3 Å². The maximum atomic E-state index is 6.06. The van der Waals surface area contributed by atoms with E-state index in [1.54, 1.807) is 12.1 Å². The minimum absolute atomic E-state index is 0.240. The van der Waals surface area contributed by atoms with Crippen LogP contribution in [0.25, 0.3) is 0 Å². The molecule has 0 amide bonds. The number of anilines is 1. The van der Waals surface area contributed by atoms with Gasteiger partial charge in [0.25, 0.3) is 0 Å². The number of nitrogens with zero attached hydrogens (tertiary/aromatic N) is 2. The summed E-state index contributed by atoms with van der Waals surface area (Å²) in [4.78, 5) is 0. The predicted octanol–water partition coefficient (Wildman–Crippen LogP) is 4.90. The average molecular weight is 353 g/mol. The van der Waals surface area contributed by atoms with E-state index in [4.69, 9.17) is 39.5 Å². The van der Waals surface area contributed by atoms with Crippen LogP contribution in [0.15, 0.2) is 12.1 Å². The number of nitrogens with one attached hydrogen (secondary N) is 1. The standard InChI is InChI=1S/C12H12Cl3N3OS/c1-2-3-16-12-10(17-18-20-12)6-19-11-8(14)4-7(13)5-9(11)15/h4-5,16H,2-3,6H2,1H3. The van der Waals surface area contributed by atoms with E-state index in [9.17, 15) is 0 Å². The van der Waals surface area contributed by atoms with Gasteiger partial charge in [0, 0.05) is 23.1 Å². The zero-order valence-electron chi connectivity index (χ0n) is 10.6. The second kappa shape index (κ2) is 7.31. The fraction of sp³-hybridized carbons (Fsp3) is 0.333. The fourth-order valence-electron chi connectivity index (χ4n) is 1.48. The molecule has 0 fully saturated rings. The van der Waals surface area contributed by atoms with Gasteiger partial charge in [0.05, 0.1) is 10.0 Å². The molecule has 2 aromatic rings. The van der Waals surface area contributed by atoms with Gasteiger partial charge in [-0.25, -0.2) is 0 Å². The normalized spacial score (nSPS) is 10.6. The SMILES string of the molecule is CCCNc1snnc1COc1c(Cl)cc(Cl)cc1Cl. The Morgan fingerprint density at radius 1 is 1.25 bits per heavy atom.